The second-order valence-corrected chi connectivity index (χ2v) is 6.66. The maximum Gasteiger partial charge on any atom is 0.270 e. The summed E-state index contributed by atoms with van der Waals surface area (Å²) in [5, 5.41) is 6.37. The molecule has 0 unspecified atom stereocenters. The molecule has 1 heterocycles. The molecule has 6 nitrogen and oxygen atoms in total. The van der Waals surface area contributed by atoms with Crippen molar-refractivity contribution in [3.8, 4) is 5.75 Å². The van der Waals surface area contributed by atoms with Crippen LogP contribution in [0, 0.1) is 6.92 Å². The molecule has 0 saturated heterocycles. The maximum absolute atomic E-state index is 12.5. The largest absolute Gasteiger partial charge is 0.496 e. The highest BCUT2D eigenvalue weighted by atomic mass is 16.5. The summed E-state index contributed by atoms with van der Waals surface area (Å²) in [6.45, 7) is 2.36. The fourth-order valence-electron chi connectivity index (χ4n) is 3.32. The Labute approximate surface area is 154 Å². The number of aromatic nitrogens is 2. The van der Waals surface area contributed by atoms with Gasteiger partial charge < -0.3 is 15.4 Å². The lowest BCUT2D eigenvalue weighted by molar-refractivity contribution is 0.0922. The standard InChI is InChI=1S/C20H26N4O2/c1-14-22-17(20(25)24-16-9-4-3-5-10-16)12-19(23-14)21-13-15-8-6-7-11-18(15)26-2/h6-8,11-12,16H,3-5,9-10,13H2,1-2H3,(H,24,25)(H,21,22,23). The Hall–Kier alpha value is -2.63. The number of para-hydroxylation sites is 1. The molecule has 1 aliphatic carbocycles. The van der Waals surface area contributed by atoms with Crippen molar-refractivity contribution < 1.29 is 9.53 Å². The van der Waals surface area contributed by atoms with Gasteiger partial charge in [0.15, 0.2) is 0 Å². The predicted octanol–water partition coefficient (Wildman–Crippen LogP) is 3.47. The number of amides is 1. The van der Waals surface area contributed by atoms with E-state index >= 15 is 0 Å². The van der Waals surface area contributed by atoms with Gasteiger partial charge in [-0.3, -0.25) is 4.79 Å². The van der Waals surface area contributed by atoms with Gasteiger partial charge in [0.05, 0.1) is 7.11 Å². The second-order valence-electron chi connectivity index (χ2n) is 6.66. The van der Waals surface area contributed by atoms with Crippen molar-refractivity contribution >= 4 is 11.7 Å². The minimum absolute atomic E-state index is 0.122. The molecule has 2 aromatic rings. The molecular weight excluding hydrogens is 328 g/mol. The van der Waals surface area contributed by atoms with Crippen molar-refractivity contribution in [2.24, 2.45) is 0 Å². The first-order valence-corrected chi connectivity index (χ1v) is 9.18. The van der Waals surface area contributed by atoms with Crippen molar-refractivity contribution in [2.75, 3.05) is 12.4 Å². The highest BCUT2D eigenvalue weighted by Gasteiger charge is 2.18. The fraction of sp³-hybridized carbons (Fsp3) is 0.450. The third-order valence-electron chi connectivity index (χ3n) is 4.66. The van der Waals surface area contributed by atoms with Gasteiger partial charge >= 0.3 is 0 Å². The van der Waals surface area contributed by atoms with Crippen LogP contribution >= 0.6 is 0 Å². The SMILES string of the molecule is COc1ccccc1CNc1cc(C(=O)NC2CCCCC2)nc(C)n1. The molecule has 26 heavy (non-hydrogen) atoms. The normalized spacial score (nSPS) is 14.7. The molecule has 0 radical (unpaired) electrons. The first-order valence-electron chi connectivity index (χ1n) is 9.18. The number of rotatable bonds is 6. The molecule has 1 aromatic heterocycles. The molecule has 1 amide bonds. The van der Waals surface area contributed by atoms with Crippen LogP contribution in [-0.2, 0) is 6.54 Å². The van der Waals surface area contributed by atoms with Crippen LogP contribution in [0.4, 0.5) is 5.82 Å². The van der Waals surface area contributed by atoms with Crippen LogP contribution in [0.3, 0.4) is 0 Å². The van der Waals surface area contributed by atoms with E-state index in [9.17, 15) is 4.79 Å². The third kappa shape index (κ3) is 4.71. The van der Waals surface area contributed by atoms with Crippen LogP contribution in [0.1, 0.15) is 54.0 Å². The Balaban J connectivity index is 1.67. The Kier molecular flexibility index (Phi) is 6.04. The maximum atomic E-state index is 12.5. The summed E-state index contributed by atoms with van der Waals surface area (Å²) in [7, 11) is 1.65. The summed E-state index contributed by atoms with van der Waals surface area (Å²) in [4.78, 5) is 21.2. The molecule has 0 bridgehead atoms. The van der Waals surface area contributed by atoms with Crippen molar-refractivity contribution in [1.82, 2.24) is 15.3 Å². The van der Waals surface area contributed by atoms with E-state index < -0.39 is 0 Å². The average Bonchev–Trinajstić information content (AvgIpc) is 2.67. The smallest absolute Gasteiger partial charge is 0.270 e. The van der Waals surface area contributed by atoms with E-state index in [4.69, 9.17) is 4.74 Å². The number of nitrogens with zero attached hydrogens (tertiary/aromatic N) is 2. The Morgan fingerprint density at radius 1 is 1.19 bits per heavy atom. The van der Waals surface area contributed by atoms with Crippen molar-refractivity contribution in [1.29, 1.82) is 0 Å². The first-order chi connectivity index (χ1) is 12.7. The minimum atomic E-state index is -0.122. The van der Waals surface area contributed by atoms with Crippen molar-refractivity contribution in [3.63, 3.8) is 0 Å². The van der Waals surface area contributed by atoms with Crippen LogP contribution in [-0.4, -0.2) is 29.0 Å². The molecule has 0 atom stereocenters. The molecule has 6 heteroatoms. The molecule has 0 aliphatic heterocycles. The number of carbonyl (C=O) groups is 1. The number of methoxy groups -OCH3 is 1. The van der Waals surface area contributed by atoms with E-state index in [1.54, 1.807) is 20.1 Å². The summed E-state index contributed by atoms with van der Waals surface area (Å²) in [6.07, 6.45) is 5.72. The zero-order chi connectivity index (χ0) is 18.4. The summed E-state index contributed by atoms with van der Waals surface area (Å²) in [5.74, 6) is 1.91. The number of hydrogen-bond donors (Lipinski definition) is 2. The molecule has 2 N–H and O–H groups in total. The Bertz CT molecular complexity index is 757. The number of carbonyl (C=O) groups excluding carboxylic acids is 1. The molecule has 1 aliphatic rings. The highest BCUT2D eigenvalue weighted by Crippen LogP contribution is 2.20. The van der Waals surface area contributed by atoms with E-state index in [1.807, 2.05) is 24.3 Å². The summed E-state index contributed by atoms with van der Waals surface area (Å²) in [6, 6.07) is 9.79. The summed E-state index contributed by atoms with van der Waals surface area (Å²) < 4.78 is 5.37. The predicted molar refractivity (Wildman–Crippen MR) is 101 cm³/mol. The third-order valence-corrected chi connectivity index (χ3v) is 4.66. The number of benzene rings is 1. The monoisotopic (exact) mass is 354 g/mol. The van der Waals surface area contributed by atoms with Crippen LogP contribution < -0.4 is 15.4 Å². The van der Waals surface area contributed by atoms with Crippen LogP contribution in [0.5, 0.6) is 5.75 Å². The summed E-state index contributed by atoms with van der Waals surface area (Å²) >= 11 is 0. The zero-order valence-corrected chi connectivity index (χ0v) is 15.4. The van der Waals surface area contributed by atoms with Gasteiger partial charge in [-0.2, -0.15) is 0 Å². The molecule has 0 spiro atoms. The lowest BCUT2D eigenvalue weighted by atomic mass is 9.95. The Morgan fingerprint density at radius 2 is 1.96 bits per heavy atom. The quantitative estimate of drug-likeness (QED) is 0.831. The van der Waals surface area contributed by atoms with Gasteiger partial charge in [-0.25, -0.2) is 9.97 Å². The highest BCUT2D eigenvalue weighted by molar-refractivity contribution is 5.93. The number of hydrogen-bond acceptors (Lipinski definition) is 5. The van der Waals surface area contributed by atoms with E-state index in [2.05, 4.69) is 20.6 Å². The molecule has 138 valence electrons. The molecule has 1 fully saturated rings. The van der Waals surface area contributed by atoms with Crippen molar-refractivity contribution in [3.05, 3.63) is 47.4 Å². The van der Waals surface area contributed by atoms with Gasteiger partial charge in [-0.05, 0) is 25.8 Å². The van der Waals surface area contributed by atoms with Crippen LogP contribution in [0.2, 0.25) is 0 Å². The van der Waals surface area contributed by atoms with Crippen LogP contribution in [0.25, 0.3) is 0 Å². The van der Waals surface area contributed by atoms with Gasteiger partial charge in [0.25, 0.3) is 5.91 Å². The topological polar surface area (TPSA) is 76.1 Å². The van der Waals surface area contributed by atoms with E-state index in [0.717, 1.165) is 24.2 Å². The second kappa shape index (κ2) is 8.65. The van der Waals surface area contributed by atoms with Gasteiger partial charge in [0.2, 0.25) is 0 Å². The lowest BCUT2D eigenvalue weighted by Gasteiger charge is -2.22. The zero-order valence-electron chi connectivity index (χ0n) is 15.4. The van der Waals surface area contributed by atoms with Gasteiger partial charge in [-0.15, -0.1) is 0 Å². The van der Waals surface area contributed by atoms with Gasteiger partial charge in [0.1, 0.15) is 23.1 Å². The van der Waals surface area contributed by atoms with Crippen molar-refractivity contribution in [2.45, 2.75) is 51.6 Å². The van der Waals surface area contributed by atoms with Gasteiger partial charge in [-0.1, -0.05) is 37.5 Å². The molecule has 1 saturated carbocycles. The molecule has 3 rings (SSSR count). The van der Waals surface area contributed by atoms with Crippen LogP contribution in [0.15, 0.2) is 30.3 Å². The van der Waals surface area contributed by atoms with E-state index in [0.29, 0.717) is 23.9 Å². The fourth-order valence-corrected chi connectivity index (χ4v) is 3.32. The lowest BCUT2D eigenvalue weighted by Crippen LogP contribution is -2.36. The van der Waals surface area contributed by atoms with E-state index in [-0.39, 0.29) is 11.9 Å². The number of aryl methyl sites for hydroxylation is 1. The van der Waals surface area contributed by atoms with Gasteiger partial charge in [0, 0.05) is 24.2 Å². The average molecular weight is 354 g/mol. The Morgan fingerprint density at radius 3 is 2.73 bits per heavy atom. The molecular formula is C20H26N4O2. The molecule has 1 aromatic carbocycles. The van der Waals surface area contributed by atoms with E-state index in [1.165, 1.54) is 19.3 Å². The minimum Gasteiger partial charge on any atom is -0.496 e. The number of ether oxygens (including phenoxy) is 1. The summed E-state index contributed by atoms with van der Waals surface area (Å²) in [5.41, 5.74) is 1.44. The number of nitrogens with one attached hydrogen (secondary N) is 2. The first kappa shape index (κ1) is 18.2. The number of anilines is 1.